The molecule has 0 aromatic heterocycles. The van der Waals surface area contributed by atoms with E-state index in [0.717, 1.165) is 31.9 Å². The van der Waals surface area contributed by atoms with Crippen LogP contribution in [0.2, 0.25) is 0 Å². The van der Waals surface area contributed by atoms with Crippen LogP contribution in [0.1, 0.15) is 33.6 Å². The summed E-state index contributed by atoms with van der Waals surface area (Å²) in [4.78, 5) is 3.21. The number of aliphatic hydroxyl groups is 1. The quantitative estimate of drug-likeness (QED) is 0.698. The third-order valence-corrected chi connectivity index (χ3v) is 6.37. The van der Waals surface area contributed by atoms with E-state index in [1.807, 2.05) is 24.3 Å². The van der Waals surface area contributed by atoms with Crippen molar-refractivity contribution in [3.63, 3.8) is 0 Å². The summed E-state index contributed by atoms with van der Waals surface area (Å²) in [5.74, 6) is 0.787. The molecule has 2 atom stereocenters. The fourth-order valence-electron chi connectivity index (χ4n) is 2.82. The van der Waals surface area contributed by atoms with Gasteiger partial charge in [0, 0.05) is 24.5 Å². The number of aliphatic hydroxyl groups excluding tert-OH is 1. The molecular weight excluding hydrogens is 336 g/mol. The number of piperazine rings is 1. The van der Waals surface area contributed by atoms with E-state index in [1.165, 1.54) is 12.8 Å². The summed E-state index contributed by atoms with van der Waals surface area (Å²) in [6, 6.07) is 7.71. The maximum absolute atomic E-state index is 12.4. The Kier molecular flexibility index (Phi) is 7.87. The van der Waals surface area contributed by atoms with Crippen LogP contribution in [0.3, 0.4) is 0 Å². The van der Waals surface area contributed by atoms with Gasteiger partial charge in [0.2, 0.25) is 0 Å². The summed E-state index contributed by atoms with van der Waals surface area (Å²) >= 11 is 0. The Bertz CT molecular complexity index is 548. The van der Waals surface area contributed by atoms with E-state index in [-0.39, 0.29) is 6.61 Å². The van der Waals surface area contributed by atoms with Crippen molar-refractivity contribution in [1.29, 1.82) is 0 Å². The molecule has 0 saturated carbocycles. The first-order valence-electron chi connectivity index (χ1n) is 9.17. The van der Waals surface area contributed by atoms with Gasteiger partial charge < -0.3 is 20.1 Å². The predicted molar refractivity (Wildman–Crippen MR) is 103 cm³/mol. The van der Waals surface area contributed by atoms with E-state index in [0.29, 0.717) is 17.5 Å². The van der Waals surface area contributed by atoms with E-state index in [9.17, 15) is 9.32 Å². The lowest BCUT2D eigenvalue weighted by molar-refractivity contribution is 0.156. The lowest BCUT2D eigenvalue weighted by atomic mass is 10.2. The molecule has 0 radical (unpaired) electrons. The smallest absolute Gasteiger partial charge is 0.119 e. The maximum Gasteiger partial charge on any atom is 0.119 e. The Balaban J connectivity index is 1.84. The summed E-state index contributed by atoms with van der Waals surface area (Å²) in [5, 5.41) is 12.9. The zero-order chi connectivity index (χ0) is 18.3. The maximum atomic E-state index is 12.4. The molecule has 1 aliphatic heterocycles. The fraction of sp³-hybridized carbons (Fsp3) is 0.684. The highest BCUT2D eigenvalue weighted by atomic mass is 32.2. The van der Waals surface area contributed by atoms with Gasteiger partial charge in [-0.1, -0.05) is 13.3 Å². The van der Waals surface area contributed by atoms with Gasteiger partial charge in [-0.2, -0.15) is 0 Å². The molecule has 5 nitrogen and oxygen atoms in total. The van der Waals surface area contributed by atoms with Crippen LogP contribution in [-0.4, -0.2) is 64.4 Å². The molecule has 1 aliphatic rings. The minimum Gasteiger partial charge on any atom is -0.492 e. The van der Waals surface area contributed by atoms with Crippen LogP contribution in [-0.2, 0) is 10.8 Å². The van der Waals surface area contributed by atoms with Crippen molar-refractivity contribution in [1.82, 2.24) is 10.2 Å². The normalized spacial score (nSPS) is 20.4. The van der Waals surface area contributed by atoms with Crippen LogP contribution in [0.15, 0.2) is 29.2 Å². The van der Waals surface area contributed by atoms with Gasteiger partial charge in [-0.05, 0) is 51.1 Å². The first-order valence-corrected chi connectivity index (χ1v) is 10.3. The second-order valence-corrected chi connectivity index (χ2v) is 9.39. The molecule has 1 fully saturated rings. The van der Waals surface area contributed by atoms with Crippen molar-refractivity contribution >= 4 is 10.8 Å². The average Bonchev–Trinajstić information content (AvgIpc) is 2.65. The molecule has 2 unspecified atom stereocenters. The van der Waals surface area contributed by atoms with Crippen molar-refractivity contribution < 1.29 is 14.1 Å². The Morgan fingerprint density at radius 3 is 2.72 bits per heavy atom. The average molecular weight is 369 g/mol. The van der Waals surface area contributed by atoms with Crippen LogP contribution in [0, 0.1) is 0 Å². The highest BCUT2D eigenvalue weighted by Crippen LogP contribution is 2.23. The Morgan fingerprint density at radius 2 is 2.08 bits per heavy atom. The number of rotatable bonds is 9. The topological polar surface area (TPSA) is 61.8 Å². The number of nitrogens with one attached hydrogen (secondary N) is 1. The fourth-order valence-corrected chi connectivity index (χ4v) is 3.96. The van der Waals surface area contributed by atoms with Crippen molar-refractivity contribution in [3.05, 3.63) is 24.3 Å². The first kappa shape index (κ1) is 20.4. The molecule has 142 valence electrons. The lowest BCUT2D eigenvalue weighted by Gasteiger charge is -2.33. The molecule has 2 N–H and O–H groups in total. The van der Waals surface area contributed by atoms with Crippen LogP contribution in [0.25, 0.3) is 0 Å². The zero-order valence-electron chi connectivity index (χ0n) is 15.7. The van der Waals surface area contributed by atoms with Crippen molar-refractivity contribution in [2.24, 2.45) is 0 Å². The van der Waals surface area contributed by atoms with Gasteiger partial charge in [-0.15, -0.1) is 0 Å². The summed E-state index contributed by atoms with van der Waals surface area (Å²) in [5.41, 5.74) is 0. The van der Waals surface area contributed by atoms with E-state index in [4.69, 9.17) is 4.74 Å². The second kappa shape index (κ2) is 9.67. The molecule has 25 heavy (non-hydrogen) atoms. The van der Waals surface area contributed by atoms with Gasteiger partial charge in [0.15, 0.2) is 0 Å². The zero-order valence-corrected chi connectivity index (χ0v) is 16.5. The van der Waals surface area contributed by atoms with Gasteiger partial charge in [0.25, 0.3) is 0 Å². The number of unbranched alkanes of at least 4 members (excludes halogenated alkanes) is 1. The minimum absolute atomic E-state index is 0.111. The van der Waals surface area contributed by atoms with Gasteiger partial charge in [-0.25, -0.2) is 0 Å². The molecule has 2 rings (SSSR count). The third-order valence-electron chi connectivity index (χ3n) is 4.54. The summed E-state index contributed by atoms with van der Waals surface area (Å²) in [6.07, 6.45) is 2.47. The second-order valence-electron chi connectivity index (χ2n) is 7.27. The predicted octanol–water partition coefficient (Wildman–Crippen LogP) is 2.02. The summed E-state index contributed by atoms with van der Waals surface area (Å²) in [7, 11) is -1.24. The Morgan fingerprint density at radius 1 is 1.36 bits per heavy atom. The summed E-state index contributed by atoms with van der Waals surface area (Å²) < 4.78 is 17.7. The van der Waals surface area contributed by atoms with Gasteiger partial charge >= 0.3 is 0 Å². The van der Waals surface area contributed by atoms with Crippen molar-refractivity contribution in [2.45, 2.75) is 49.3 Å². The van der Waals surface area contributed by atoms with Crippen LogP contribution in [0.4, 0.5) is 0 Å². The third kappa shape index (κ3) is 6.06. The van der Waals surface area contributed by atoms with E-state index >= 15 is 0 Å². The minimum atomic E-state index is -1.24. The largest absolute Gasteiger partial charge is 0.492 e. The van der Waals surface area contributed by atoms with Crippen LogP contribution < -0.4 is 10.1 Å². The molecule has 1 heterocycles. The number of nitrogens with zero attached hydrogens (tertiary/aromatic N) is 1. The molecule has 1 saturated heterocycles. The molecule has 0 aliphatic carbocycles. The standard InChI is InChI=1S/C19H32N2O3S/c1-4-5-11-21-12-10-20-16(13-21)14-24-17-6-8-18(9-7-17)25(23)19(2,3)15-22/h6-9,16,20,22H,4-5,10-15H2,1-3H3. The highest BCUT2D eigenvalue weighted by Gasteiger charge is 2.26. The Hall–Kier alpha value is -0.950. The van der Waals surface area contributed by atoms with Crippen LogP contribution >= 0.6 is 0 Å². The van der Waals surface area contributed by atoms with E-state index in [1.54, 1.807) is 13.8 Å². The summed E-state index contributed by atoms with van der Waals surface area (Å²) in [6.45, 7) is 10.6. The first-order chi connectivity index (χ1) is 12.0. The van der Waals surface area contributed by atoms with Crippen LogP contribution in [0.5, 0.6) is 5.75 Å². The lowest BCUT2D eigenvalue weighted by Crippen LogP contribution is -2.53. The SMILES string of the molecule is CCCCN1CCNC(COc2ccc(S(=O)C(C)(C)CO)cc2)C1. The molecule has 1 aromatic carbocycles. The van der Waals surface area contributed by atoms with Crippen molar-refractivity contribution in [2.75, 3.05) is 39.4 Å². The molecule has 0 amide bonds. The number of benzene rings is 1. The van der Waals surface area contributed by atoms with Gasteiger partial charge in [-0.3, -0.25) is 4.21 Å². The van der Waals surface area contributed by atoms with Gasteiger partial charge in [0.05, 0.1) is 28.2 Å². The molecule has 0 spiro atoms. The molecule has 6 heteroatoms. The van der Waals surface area contributed by atoms with E-state index in [2.05, 4.69) is 17.1 Å². The molecule has 0 bridgehead atoms. The Labute approximate surface area is 154 Å². The number of ether oxygens (including phenoxy) is 1. The monoisotopic (exact) mass is 368 g/mol. The highest BCUT2D eigenvalue weighted by molar-refractivity contribution is 7.86. The van der Waals surface area contributed by atoms with Crippen molar-refractivity contribution in [3.8, 4) is 5.75 Å². The molecular formula is C19H32N2O3S. The molecule has 1 aromatic rings. The number of hydrogen-bond donors (Lipinski definition) is 2. The van der Waals surface area contributed by atoms with Gasteiger partial charge in [0.1, 0.15) is 12.4 Å². The van der Waals surface area contributed by atoms with E-state index < -0.39 is 15.5 Å². The number of hydrogen-bond acceptors (Lipinski definition) is 5.